The van der Waals surface area contributed by atoms with Crippen LogP contribution in [0.25, 0.3) is 16.6 Å². The van der Waals surface area contributed by atoms with Crippen molar-refractivity contribution >= 4 is 16.6 Å². The average Bonchev–Trinajstić information content (AvgIpc) is 3.36. The first kappa shape index (κ1) is 18.0. The van der Waals surface area contributed by atoms with E-state index in [4.69, 9.17) is 9.97 Å². The monoisotopic (exact) mass is 389 g/mol. The SMILES string of the molecule is O=c1c2ccccc2nc(C2CCCN2Cc2cn3ccccc3n2)n1CCO. The summed E-state index contributed by atoms with van der Waals surface area (Å²) in [7, 11) is 0. The Balaban J connectivity index is 1.54. The lowest BCUT2D eigenvalue weighted by atomic mass is 10.1. The predicted octanol–water partition coefficient (Wildman–Crippen LogP) is 2.37. The summed E-state index contributed by atoms with van der Waals surface area (Å²) in [6.07, 6.45) is 6.03. The third-order valence-corrected chi connectivity index (χ3v) is 5.66. The number of imidazole rings is 1. The fourth-order valence-electron chi connectivity index (χ4n) is 4.33. The molecular formula is C22H23N5O2. The average molecular weight is 389 g/mol. The van der Waals surface area contributed by atoms with E-state index in [1.54, 1.807) is 10.6 Å². The normalized spacial score (nSPS) is 17.5. The van der Waals surface area contributed by atoms with Gasteiger partial charge in [0.2, 0.25) is 0 Å². The molecule has 1 aliphatic heterocycles. The topological polar surface area (TPSA) is 75.7 Å². The van der Waals surface area contributed by atoms with Crippen LogP contribution in [-0.2, 0) is 13.1 Å². The molecule has 0 radical (unpaired) electrons. The zero-order chi connectivity index (χ0) is 19.8. The molecule has 1 aromatic carbocycles. The molecule has 4 aromatic rings. The number of nitrogens with zero attached hydrogens (tertiary/aromatic N) is 5. The quantitative estimate of drug-likeness (QED) is 0.567. The van der Waals surface area contributed by atoms with Crippen molar-refractivity contribution in [3.63, 3.8) is 0 Å². The summed E-state index contributed by atoms with van der Waals surface area (Å²) in [5.74, 6) is 0.740. The summed E-state index contributed by atoms with van der Waals surface area (Å²) in [5.41, 5.74) is 2.56. The Morgan fingerprint density at radius 3 is 2.83 bits per heavy atom. The third kappa shape index (κ3) is 3.22. The van der Waals surface area contributed by atoms with Crippen LogP contribution in [0.4, 0.5) is 0 Å². The highest BCUT2D eigenvalue weighted by Gasteiger charge is 2.30. The van der Waals surface area contributed by atoms with Crippen LogP contribution in [0.2, 0.25) is 0 Å². The lowest BCUT2D eigenvalue weighted by Gasteiger charge is -2.25. The van der Waals surface area contributed by atoms with Gasteiger partial charge in [-0.25, -0.2) is 9.97 Å². The number of hydrogen-bond donors (Lipinski definition) is 1. The van der Waals surface area contributed by atoms with Crippen LogP contribution in [0.15, 0.2) is 59.7 Å². The first-order valence-corrected chi connectivity index (χ1v) is 10.0. The molecule has 1 aliphatic rings. The van der Waals surface area contributed by atoms with E-state index >= 15 is 0 Å². The number of rotatable bonds is 5. The summed E-state index contributed by atoms with van der Waals surface area (Å²) in [6.45, 7) is 1.80. The fraction of sp³-hybridized carbons (Fsp3) is 0.318. The van der Waals surface area contributed by atoms with Gasteiger partial charge >= 0.3 is 0 Å². The Bertz CT molecular complexity index is 1200. The van der Waals surface area contributed by atoms with Gasteiger partial charge in [-0.1, -0.05) is 18.2 Å². The summed E-state index contributed by atoms with van der Waals surface area (Å²) >= 11 is 0. The first-order chi connectivity index (χ1) is 14.2. The number of aliphatic hydroxyl groups is 1. The molecule has 0 spiro atoms. The van der Waals surface area contributed by atoms with Crippen LogP contribution < -0.4 is 5.56 Å². The molecule has 0 saturated carbocycles. The summed E-state index contributed by atoms with van der Waals surface area (Å²) in [5, 5.41) is 10.1. The second-order valence-electron chi connectivity index (χ2n) is 7.49. The number of aliphatic hydroxyl groups excluding tert-OH is 1. The molecule has 1 saturated heterocycles. The lowest BCUT2D eigenvalue weighted by Crippen LogP contribution is -2.33. The molecule has 29 heavy (non-hydrogen) atoms. The Morgan fingerprint density at radius 1 is 1.10 bits per heavy atom. The van der Waals surface area contributed by atoms with Gasteiger partial charge in [0.25, 0.3) is 5.56 Å². The second kappa shape index (κ2) is 7.42. The number of hydrogen-bond acceptors (Lipinski definition) is 5. The van der Waals surface area contributed by atoms with Gasteiger partial charge in [0.15, 0.2) is 0 Å². The van der Waals surface area contributed by atoms with E-state index in [0.29, 0.717) is 17.4 Å². The van der Waals surface area contributed by atoms with E-state index in [9.17, 15) is 9.90 Å². The first-order valence-electron chi connectivity index (χ1n) is 10.0. The van der Waals surface area contributed by atoms with Crippen LogP contribution in [0, 0.1) is 0 Å². The van der Waals surface area contributed by atoms with Gasteiger partial charge in [-0.2, -0.15) is 0 Å². The van der Waals surface area contributed by atoms with Crippen molar-refractivity contribution in [1.82, 2.24) is 23.8 Å². The molecule has 1 fully saturated rings. The van der Waals surface area contributed by atoms with Crippen LogP contribution in [0.5, 0.6) is 0 Å². The summed E-state index contributed by atoms with van der Waals surface area (Å²) in [6, 6.07) is 13.4. The minimum atomic E-state index is -0.0912. The van der Waals surface area contributed by atoms with Gasteiger partial charge in [0.1, 0.15) is 11.5 Å². The minimum Gasteiger partial charge on any atom is -0.395 e. The lowest BCUT2D eigenvalue weighted by molar-refractivity contribution is 0.221. The smallest absolute Gasteiger partial charge is 0.261 e. The Kier molecular flexibility index (Phi) is 4.61. The minimum absolute atomic E-state index is 0.0312. The predicted molar refractivity (Wildman–Crippen MR) is 111 cm³/mol. The van der Waals surface area contributed by atoms with Crippen molar-refractivity contribution in [3.05, 3.63) is 76.7 Å². The van der Waals surface area contributed by atoms with Crippen molar-refractivity contribution in [2.75, 3.05) is 13.2 Å². The molecule has 3 aromatic heterocycles. The van der Waals surface area contributed by atoms with E-state index in [0.717, 1.165) is 36.6 Å². The number of likely N-dealkylation sites (tertiary alicyclic amines) is 1. The van der Waals surface area contributed by atoms with Gasteiger partial charge < -0.3 is 9.51 Å². The fourth-order valence-corrected chi connectivity index (χ4v) is 4.33. The van der Waals surface area contributed by atoms with E-state index < -0.39 is 0 Å². The molecule has 5 rings (SSSR count). The van der Waals surface area contributed by atoms with Crippen molar-refractivity contribution in [1.29, 1.82) is 0 Å². The summed E-state index contributed by atoms with van der Waals surface area (Å²) < 4.78 is 3.67. The van der Waals surface area contributed by atoms with Crippen LogP contribution in [-0.4, -0.2) is 42.1 Å². The van der Waals surface area contributed by atoms with Crippen LogP contribution >= 0.6 is 0 Å². The second-order valence-corrected chi connectivity index (χ2v) is 7.49. The maximum atomic E-state index is 13.1. The Hall–Kier alpha value is -3.03. The molecule has 1 unspecified atom stereocenters. The highest BCUT2D eigenvalue weighted by molar-refractivity contribution is 5.77. The molecule has 7 heteroatoms. The third-order valence-electron chi connectivity index (χ3n) is 5.66. The largest absolute Gasteiger partial charge is 0.395 e. The molecule has 148 valence electrons. The number of aromatic nitrogens is 4. The zero-order valence-corrected chi connectivity index (χ0v) is 16.1. The number of fused-ring (bicyclic) bond motifs is 2. The van der Waals surface area contributed by atoms with Gasteiger partial charge in [0.05, 0.1) is 35.8 Å². The molecule has 7 nitrogen and oxygen atoms in total. The Morgan fingerprint density at radius 2 is 1.97 bits per heavy atom. The van der Waals surface area contributed by atoms with Crippen molar-refractivity contribution in [3.8, 4) is 0 Å². The molecule has 0 amide bonds. The highest BCUT2D eigenvalue weighted by atomic mass is 16.3. The number of pyridine rings is 1. The molecule has 0 aliphatic carbocycles. The van der Waals surface area contributed by atoms with Crippen LogP contribution in [0.1, 0.15) is 30.4 Å². The van der Waals surface area contributed by atoms with E-state index in [1.807, 2.05) is 47.0 Å². The maximum absolute atomic E-state index is 13.1. The number of para-hydroxylation sites is 1. The molecule has 4 heterocycles. The molecular weight excluding hydrogens is 366 g/mol. The van der Waals surface area contributed by atoms with Crippen molar-refractivity contribution < 1.29 is 5.11 Å². The molecule has 1 atom stereocenters. The van der Waals surface area contributed by atoms with Gasteiger partial charge in [0, 0.05) is 18.9 Å². The van der Waals surface area contributed by atoms with Crippen LogP contribution in [0.3, 0.4) is 0 Å². The number of benzene rings is 1. The van der Waals surface area contributed by atoms with Crippen molar-refractivity contribution in [2.45, 2.75) is 32.0 Å². The van der Waals surface area contributed by atoms with E-state index in [1.165, 1.54) is 0 Å². The maximum Gasteiger partial charge on any atom is 0.261 e. The molecule has 1 N–H and O–H groups in total. The zero-order valence-electron chi connectivity index (χ0n) is 16.1. The standard InChI is InChI=1S/C22H23N5O2/c28-13-12-27-21(24-18-7-2-1-6-17(18)22(27)29)19-8-5-11-25(19)14-16-15-26-10-4-3-9-20(26)23-16/h1-4,6-7,9-10,15,19,28H,5,8,11-14H2. The van der Waals surface area contributed by atoms with Crippen molar-refractivity contribution in [2.24, 2.45) is 0 Å². The summed E-state index contributed by atoms with van der Waals surface area (Å²) in [4.78, 5) is 25.0. The van der Waals surface area contributed by atoms with E-state index in [2.05, 4.69) is 11.1 Å². The van der Waals surface area contributed by atoms with E-state index in [-0.39, 0.29) is 24.8 Å². The molecule has 0 bridgehead atoms. The van der Waals surface area contributed by atoms with Gasteiger partial charge in [-0.3, -0.25) is 14.3 Å². The highest BCUT2D eigenvalue weighted by Crippen LogP contribution is 2.32. The van der Waals surface area contributed by atoms with Gasteiger partial charge in [-0.15, -0.1) is 0 Å². The van der Waals surface area contributed by atoms with Gasteiger partial charge in [-0.05, 0) is 43.7 Å². The Labute approximate surface area is 167 Å².